The Morgan fingerprint density at radius 3 is 2.55 bits per heavy atom. The smallest absolute Gasteiger partial charge is 0.129 e. The van der Waals surface area contributed by atoms with E-state index in [2.05, 4.69) is 43.1 Å². The Morgan fingerprint density at radius 1 is 1.30 bits per heavy atom. The Morgan fingerprint density at radius 2 is 2.00 bits per heavy atom. The molecule has 3 heteroatoms. The molecule has 2 rings (SSSR count). The average molecular weight is 275 g/mol. The van der Waals surface area contributed by atoms with Crippen molar-refractivity contribution in [3.05, 3.63) is 23.4 Å². The first-order valence-electron chi connectivity index (χ1n) is 8.03. The van der Waals surface area contributed by atoms with Crippen LogP contribution in [0.5, 0.6) is 0 Å². The summed E-state index contributed by atoms with van der Waals surface area (Å²) in [6.45, 7) is 10.1. The summed E-state index contributed by atoms with van der Waals surface area (Å²) >= 11 is 0. The summed E-state index contributed by atoms with van der Waals surface area (Å²) in [4.78, 5) is 7.30. The van der Waals surface area contributed by atoms with E-state index in [4.69, 9.17) is 4.98 Å². The van der Waals surface area contributed by atoms with E-state index in [9.17, 15) is 0 Å². The van der Waals surface area contributed by atoms with Gasteiger partial charge >= 0.3 is 0 Å². The van der Waals surface area contributed by atoms with Crippen molar-refractivity contribution in [3.8, 4) is 0 Å². The lowest BCUT2D eigenvalue weighted by molar-refractivity contribution is 0.310. The lowest BCUT2D eigenvalue weighted by Gasteiger charge is -2.35. The summed E-state index contributed by atoms with van der Waals surface area (Å²) in [6.07, 6.45) is 3.61. The van der Waals surface area contributed by atoms with Crippen LogP contribution in [0.2, 0.25) is 0 Å². The predicted octanol–water partition coefficient (Wildman–Crippen LogP) is 3.24. The first-order chi connectivity index (χ1) is 9.63. The molecule has 1 aromatic heterocycles. The van der Waals surface area contributed by atoms with Gasteiger partial charge in [0.05, 0.1) is 0 Å². The Kier molecular flexibility index (Phi) is 5.41. The molecule has 0 aliphatic carbocycles. The largest absolute Gasteiger partial charge is 0.357 e. The first-order valence-corrected chi connectivity index (χ1v) is 8.03. The SMILES string of the molecule is CCc1cc(CNC)cc(N2CCC(C(C)C)CC2)n1. The van der Waals surface area contributed by atoms with Gasteiger partial charge in [-0.15, -0.1) is 0 Å². The van der Waals surface area contributed by atoms with Crippen LogP contribution in [-0.2, 0) is 13.0 Å². The molecule has 1 N–H and O–H groups in total. The fourth-order valence-electron chi connectivity index (χ4n) is 3.08. The Bertz CT molecular complexity index is 420. The van der Waals surface area contributed by atoms with Crippen LogP contribution in [0.1, 0.15) is 44.9 Å². The third-order valence-corrected chi connectivity index (χ3v) is 4.47. The van der Waals surface area contributed by atoms with E-state index in [-0.39, 0.29) is 0 Å². The molecule has 2 heterocycles. The lowest BCUT2D eigenvalue weighted by atomic mass is 9.87. The van der Waals surface area contributed by atoms with Gasteiger partial charge in [-0.3, -0.25) is 0 Å². The van der Waals surface area contributed by atoms with Gasteiger partial charge in [0, 0.05) is 25.3 Å². The summed E-state index contributed by atoms with van der Waals surface area (Å²) in [5.74, 6) is 2.88. The van der Waals surface area contributed by atoms with Crippen molar-refractivity contribution in [1.29, 1.82) is 0 Å². The molecule has 0 aromatic carbocycles. The van der Waals surface area contributed by atoms with Crippen LogP contribution in [0.4, 0.5) is 5.82 Å². The van der Waals surface area contributed by atoms with Crippen LogP contribution in [0, 0.1) is 11.8 Å². The van der Waals surface area contributed by atoms with E-state index in [1.54, 1.807) is 0 Å². The molecule has 0 amide bonds. The third kappa shape index (κ3) is 3.72. The minimum Gasteiger partial charge on any atom is -0.357 e. The number of piperidine rings is 1. The quantitative estimate of drug-likeness (QED) is 0.894. The maximum Gasteiger partial charge on any atom is 0.129 e. The van der Waals surface area contributed by atoms with Crippen LogP contribution in [-0.4, -0.2) is 25.1 Å². The maximum absolute atomic E-state index is 4.83. The molecular weight excluding hydrogens is 246 g/mol. The molecular formula is C17H29N3. The van der Waals surface area contributed by atoms with Crippen LogP contribution in [0.3, 0.4) is 0 Å². The second-order valence-electron chi connectivity index (χ2n) is 6.28. The van der Waals surface area contributed by atoms with Crippen molar-refractivity contribution < 1.29 is 0 Å². The van der Waals surface area contributed by atoms with Gasteiger partial charge < -0.3 is 10.2 Å². The zero-order valence-corrected chi connectivity index (χ0v) is 13.4. The number of hydrogen-bond acceptors (Lipinski definition) is 3. The Hall–Kier alpha value is -1.09. The summed E-state index contributed by atoms with van der Waals surface area (Å²) in [6, 6.07) is 4.48. The van der Waals surface area contributed by atoms with Crippen LogP contribution >= 0.6 is 0 Å². The number of anilines is 1. The topological polar surface area (TPSA) is 28.2 Å². The second kappa shape index (κ2) is 7.07. The van der Waals surface area contributed by atoms with E-state index < -0.39 is 0 Å². The minimum absolute atomic E-state index is 0.812. The van der Waals surface area contributed by atoms with Crippen molar-refractivity contribution in [2.75, 3.05) is 25.0 Å². The molecule has 0 radical (unpaired) electrons. The number of hydrogen-bond donors (Lipinski definition) is 1. The highest BCUT2D eigenvalue weighted by Crippen LogP contribution is 2.27. The van der Waals surface area contributed by atoms with E-state index in [1.807, 2.05) is 7.05 Å². The van der Waals surface area contributed by atoms with Gasteiger partial charge in [-0.2, -0.15) is 0 Å². The molecule has 0 bridgehead atoms. The van der Waals surface area contributed by atoms with Gasteiger partial charge in [0.15, 0.2) is 0 Å². The van der Waals surface area contributed by atoms with Crippen LogP contribution < -0.4 is 10.2 Å². The molecule has 0 spiro atoms. The number of nitrogens with zero attached hydrogens (tertiary/aromatic N) is 2. The third-order valence-electron chi connectivity index (χ3n) is 4.47. The second-order valence-corrected chi connectivity index (χ2v) is 6.28. The van der Waals surface area contributed by atoms with Crippen LogP contribution in [0.15, 0.2) is 12.1 Å². The predicted molar refractivity (Wildman–Crippen MR) is 86.2 cm³/mol. The van der Waals surface area contributed by atoms with Gasteiger partial charge in [0.1, 0.15) is 5.82 Å². The number of aromatic nitrogens is 1. The standard InChI is InChI=1S/C17H29N3/c1-5-16-10-14(12-18-4)11-17(19-16)20-8-6-15(7-9-20)13(2)3/h10-11,13,15,18H,5-9,12H2,1-4H3. The van der Waals surface area contributed by atoms with Crippen molar-refractivity contribution in [2.45, 2.75) is 46.6 Å². The van der Waals surface area contributed by atoms with Crippen molar-refractivity contribution in [2.24, 2.45) is 11.8 Å². The first kappa shape index (κ1) is 15.3. The summed E-state index contributed by atoms with van der Waals surface area (Å²) in [5, 5.41) is 3.24. The van der Waals surface area contributed by atoms with Gasteiger partial charge in [-0.1, -0.05) is 20.8 Å². The van der Waals surface area contributed by atoms with Gasteiger partial charge in [-0.25, -0.2) is 4.98 Å². The number of pyridine rings is 1. The Labute approximate surface area is 123 Å². The van der Waals surface area contributed by atoms with Gasteiger partial charge in [-0.05, 0) is 55.8 Å². The zero-order chi connectivity index (χ0) is 14.5. The summed E-state index contributed by atoms with van der Waals surface area (Å²) < 4.78 is 0. The molecule has 112 valence electrons. The monoisotopic (exact) mass is 275 g/mol. The highest BCUT2D eigenvalue weighted by molar-refractivity contribution is 5.43. The molecule has 0 atom stereocenters. The normalized spacial score (nSPS) is 16.9. The number of aryl methyl sites for hydroxylation is 1. The Balaban J connectivity index is 2.10. The molecule has 1 aromatic rings. The molecule has 1 fully saturated rings. The molecule has 1 aliphatic rings. The fraction of sp³-hybridized carbons (Fsp3) is 0.706. The van der Waals surface area contributed by atoms with Gasteiger partial charge in [0.2, 0.25) is 0 Å². The highest BCUT2D eigenvalue weighted by Gasteiger charge is 2.22. The van der Waals surface area contributed by atoms with E-state index >= 15 is 0 Å². The molecule has 3 nitrogen and oxygen atoms in total. The molecule has 0 unspecified atom stereocenters. The zero-order valence-electron chi connectivity index (χ0n) is 13.4. The van der Waals surface area contributed by atoms with Crippen molar-refractivity contribution in [3.63, 3.8) is 0 Å². The van der Waals surface area contributed by atoms with Gasteiger partial charge in [0.25, 0.3) is 0 Å². The number of rotatable bonds is 5. The average Bonchev–Trinajstić information content (AvgIpc) is 2.47. The number of nitrogens with one attached hydrogen (secondary N) is 1. The van der Waals surface area contributed by atoms with Crippen LogP contribution in [0.25, 0.3) is 0 Å². The lowest BCUT2D eigenvalue weighted by Crippen LogP contribution is -2.36. The van der Waals surface area contributed by atoms with E-state index in [0.717, 1.165) is 37.9 Å². The highest BCUT2D eigenvalue weighted by atomic mass is 15.2. The minimum atomic E-state index is 0.812. The summed E-state index contributed by atoms with van der Waals surface area (Å²) in [7, 11) is 2.00. The maximum atomic E-state index is 4.83. The van der Waals surface area contributed by atoms with Crippen molar-refractivity contribution in [1.82, 2.24) is 10.3 Å². The molecule has 0 saturated carbocycles. The summed E-state index contributed by atoms with van der Waals surface area (Å²) in [5.41, 5.74) is 2.55. The van der Waals surface area contributed by atoms with E-state index in [1.165, 1.54) is 29.9 Å². The fourth-order valence-corrected chi connectivity index (χ4v) is 3.08. The molecule has 1 saturated heterocycles. The van der Waals surface area contributed by atoms with E-state index in [0.29, 0.717) is 0 Å². The molecule has 1 aliphatic heterocycles. The molecule has 20 heavy (non-hydrogen) atoms. The van der Waals surface area contributed by atoms with Crippen molar-refractivity contribution >= 4 is 5.82 Å².